The second-order valence-electron chi connectivity index (χ2n) is 6.03. The average molecular weight is 366 g/mol. The average Bonchev–Trinajstić information content (AvgIpc) is 2.62. The molecule has 134 valence electrons. The van der Waals surface area contributed by atoms with Crippen LogP contribution in [0.4, 0.5) is 15.8 Å². The molecule has 0 unspecified atom stereocenters. The minimum Gasteiger partial charge on any atom is -0.384 e. The molecule has 1 aliphatic rings. The number of anilines is 2. The number of piperazine rings is 1. The molecule has 2 aromatic rings. The van der Waals surface area contributed by atoms with E-state index in [1.165, 1.54) is 16.8 Å². The molecule has 6 nitrogen and oxygen atoms in total. The molecule has 0 amide bonds. The van der Waals surface area contributed by atoms with E-state index >= 15 is 0 Å². The highest BCUT2D eigenvalue weighted by atomic mass is 35.5. The van der Waals surface area contributed by atoms with Gasteiger partial charge in [0.1, 0.15) is 10.8 Å². The Morgan fingerprint density at radius 3 is 2.56 bits per heavy atom. The molecule has 1 aromatic carbocycles. The Kier molecular flexibility index (Phi) is 5.55. The van der Waals surface area contributed by atoms with E-state index in [9.17, 15) is 9.18 Å². The van der Waals surface area contributed by atoms with Gasteiger partial charge in [-0.25, -0.2) is 9.07 Å². The van der Waals surface area contributed by atoms with Crippen molar-refractivity contribution in [3.8, 4) is 0 Å². The van der Waals surface area contributed by atoms with Gasteiger partial charge < -0.3 is 10.2 Å². The topological polar surface area (TPSA) is 53.4 Å². The number of nitrogens with one attached hydrogen (secondary N) is 1. The molecule has 0 saturated carbocycles. The minimum absolute atomic E-state index is 0.226. The van der Waals surface area contributed by atoms with Crippen LogP contribution in [0.15, 0.2) is 35.3 Å². The van der Waals surface area contributed by atoms with Crippen LogP contribution in [0.25, 0.3) is 0 Å². The number of nitrogens with zero attached hydrogens (tertiary/aromatic N) is 4. The lowest BCUT2D eigenvalue weighted by molar-refractivity contribution is 0.267. The molecule has 8 heteroatoms. The number of halogens is 2. The molecule has 2 heterocycles. The maximum absolute atomic E-state index is 12.9. The summed E-state index contributed by atoms with van der Waals surface area (Å²) in [6, 6.07) is 6.36. The van der Waals surface area contributed by atoms with E-state index < -0.39 is 0 Å². The fourth-order valence-corrected chi connectivity index (χ4v) is 3.15. The van der Waals surface area contributed by atoms with Gasteiger partial charge in [-0.2, -0.15) is 5.10 Å². The van der Waals surface area contributed by atoms with Crippen molar-refractivity contribution in [1.29, 1.82) is 0 Å². The molecule has 25 heavy (non-hydrogen) atoms. The second-order valence-corrected chi connectivity index (χ2v) is 6.41. The van der Waals surface area contributed by atoms with Crippen molar-refractivity contribution in [3.63, 3.8) is 0 Å². The van der Waals surface area contributed by atoms with Crippen molar-refractivity contribution in [2.75, 3.05) is 49.5 Å². The number of rotatable bonds is 5. The fourth-order valence-electron chi connectivity index (χ4n) is 2.86. The highest BCUT2D eigenvalue weighted by Crippen LogP contribution is 2.22. The van der Waals surface area contributed by atoms with Gasteiger partial charge in [-0.15, -0.1) is 0 Å². The van der Waals surface area contributed by atoms with E-state index in [0.29, 0.717) is 5.69 Å². The molecular formula is C17H21ClFN5O. The molecule has 0 bridgehead atoms. The largest absolute Gasteiger partial charge is 0.384 e. The van der Waals surface area contributed by atoms with Gasteiger partial charge >= 0.3 is 0 Å². The van der Waals surface area contributed by atoms with E-state index in [4.69, 9.17) is 11.6 Å². The van der Waals surface area contributed by atoms with Crippen LogP contribution in [0.3, 0.4) is 0 Å². The zero-order valence-corrected chi connectivity index (χ0v) is 14.8. The number of aryl methyl sites for hydroxylation is 1. The van der Waals surface area contributed by atoms with Crippen molar-refractivity contribution in [2.24, 2.45) is 7.05 Å². The van der Waals surface area contributed by atoms with Crippen LogP contribution in [-0.2, 0) is 7.05 Å². The molecule has 0 atom stereocenters. The van der Waals surface area contributed by atoms with E-state index in [1.54, 1.807) is 25.4 Å². The first-order chi connectivity index (χ1) is 12.0. The standard InChI is InChI=1S/C17H21ClFN5O/c1-22-17(25)16(18)15(12-21-22)24-10-8-23(9-11-24)7-6-20-14-4-2-13(19)3-5-14/h2-5,12,20H,6-11H2,1H3. The zero-order valence-electron chi connectivity index (χ0n) is 14.1. The third kappa shape index (κ3) is 4.29. The van der Waals surface area contributed by atoms with Crippen LogP contribution in [0.2, 0.25) is 5.02 Å². The lowest BCUT2D eigenvalue weighted by Crippen LogP contribution is -2.48. The van der Waals surface area contributed by atoms with Crippen molar-refractivity contribution in [3.05, 3.63) is 51.7 Å². The molecule has 1 N–H and O–H groups in total. The maximum atomic E-state index is 12.9. The molecular weight excluding hydrogens is 345 g/mol. The van der Waals surface area contributed by atoms with Gasteiger partial charge in [-0.05, 0) is 24.3 Å². The second kappa shape index (κ2) is 7.84. The van der Waals surface area contributed by atoms with Crippen LogP contribution in [0, 0.1) is 5.82 Å². The summed E-state index contributed by atoms with van der Waals surface area (Å²) < 4.78 is 14.1. The number of aromatic nitrogens is 2. The van der Waals surface area contributed by atoms with Crippen molar-refractivity contribution in [1.82, 2.24) is 14.7 Å². The van der Waals surface area contributed by atoms with Crippen LogP contribution in [0.1, 0.15) is 0 Å². The number of hydrogen-bond acceptors (Lipinski definition) is 5. The summed E-state index contributed by atoms with van der Waals surface area (Å²) in [4.78, 5) is 16.3. The van der Waals surface area contributed by atoms with E-state index in [2.05, 4.69) is 20.2 Å². The third-order valence-electron chi connectivity index (χ3n) is 4.37. The van der Waals surface area contributed by atoms with Crippen LogP contribution in [0.5, 0.6) is 0 Å². The highest BCUT2D eigenvalue weighted by Gasteiger charge is 2.20. The van der Waals surface area contributed by atoms with Gasteiger partial charge in [0.25, 0.3) is 5.56 Å². The molecule has 1 fully saturated rings. The predicted octanol–water partition coefficient (Wildman–Crippen LogP) is 1.81. The Balaban J connectivity index is 1.48. The SMILES string of the molecule is Cn1ncc(N2CCN(CCNc3ccc(F)cc3)CC2)c(Cl)c1=O. The van der Waals surface area contributed by atoms with Crippen LogP contribution < -0.4 is 15.8 Å². The summed E-state index contributed by atoms with van der Waals surface area (Å²) in [6.45, 7) is 5.05. The van der Waals surface area contributed by atoms with Gasteiger partial charge in [-0.1, -0.05) is 11.6 Å². The summed E-state index contributed by atoms with van der Waals surface area (Å²) in [6.07, 6.45) is 1.65. The van der Waals surface area contributed by atoms with E-state index in [-0.39, 0.29) is 16.4 Å². The minimum atomic E-state index is -0.273. The molecule has 3 rings (SSSR count). The first kappa shape index (κ1) is 17.7. The Morgan fingerprint density at radius 2 is 1.88 bits per heavy atom. The Hall–Kier alpha value is -2.12. The molecule has 1 aromatic heterocycles. The third-order valence-corrected chi connectivity index (χ3v) is 4.73. The van der Waals surface area contributed by atoms with E-state index in [1.807, 2.05) is 0 Å². The first-order valence-corrected chi connectivity index (χ1v) is 8.61. The molecule has 0 radical (unpaired) electrons. The monoisotopic (exact) mass is 365 g/mol. The van der Waals surface area contributed by atoms with Crippen LogP contribution in [-0.4, -0.2) is 53.9 Å². The highest BCUT2D eigenvalue weighted by molar-refractivity contribution is 6.33. The van der Waals surface area contributed by atoms with Crippen molar-refractivity contribution in [2.45, 2.75) is 0 Å². The smallest absolute Gasteiger partial charge is 0.287 e. The summed E-state index contributed by atoms with van der Waals surface area (Å²) in [5.74, 6) is -0.231. The number of benzene rings is 1. The van der Waals surface area contributed by atoms with Gasteiger partial charge in [0, 0.05) is 52.0 Å². The Labute approximate surface area is 150 Å². The van der Waals surface area contributed by atoms with Gasteiger partial charge in [0.2, 0.25) is 0 Å². The molecule has 1 saturated heterocycles. The van der Waals surface area contributed by atoms with Gasteiger partial charge in [-0.3, -0.25) is 9.69 Å². The van der Waals surface area contributed by atoms with Crippen molar-refractivity contribution < 1.29 is 4.39 Å². The fraction of sp³-hybridized carbons (Fsp3) is 0.412. The molecule has 1 aliphatic heterocycles. The Bertz CT molecular complexity index is 772. The summed E-state index contributed by atoms with van der Waals surface area (Å²) in [5, 5.41) is 7.56. The van der Waals surface area contributed by atoms with Crippen LogP contribution >= 0.6 is 11.6 Å². The number of hydrogen-bond donors (Lipinski definition) is 1. The summed E-state index contributed by atoms with van der Waals surface area (Å²) >= 11 is 6.17. The normalized spacial score (nSPS) is 15.4. The quantitative estimate of drug-likeness (QED) is 0.875. The molecule has 0 spiro atoms. The summed E-state index contributed by atoms with van der Waals surface area (Å²) in [5.41, 5.74) is 1.34. The lowest BCUT2D eigenvalue weighted by Gasteiger charge is -2.36. The Morgan fingerprint density at radius 1 is 1.20 bits per heavy atom. The van der Waals surface area contributed by atoms with Crippen molar-refractivity contribution >= 4 is 23.0 Å². The lowest BCUT2D eigenvalue weighted by atomic mass is 10.2. The maximum Gasteiger partial charge on any atom is 0.287 e. The summed E-state index contributed by atoms with van der Waals surface area (Å²) in [7, 11) is 1.59. The molecule has 0 aliphatic carbocycles. The van der Waals surface area contributed by atoms with E-state index in [0.717, 1.165) is 45.0 Å². The first-order valence-electron chi connectivity index (χ1n) is 8.23. The predicted molar refractivity (Wildman–Crippen MR) is 98.0 cm³/mol. The van der Waals surface area contributed by atoms with Gasteiger partial charge in [0.05, 0.1) is 11.9 Å². The van der Waals surface area contributed by atoms with Gasteiger partial charge in [0.15, 0.2) is 0 Å². The zero-order chi connectivity index (χ0) is 17.8.